The number of nitrogens with one attached hydrogen (secondary N) is 2. The standard InChI is InChI=1S/C20H24N4O2/c1-26-18-9-3-2-7-16(18)11-13-22-20(25)21-12-6-10-19-23-15-17-8-4-5-14-24(17)19/h2-5,7-9,14-15H,6,10-13H2,1H3,(H2,21,22,25). The zero-order valence-corrected chi connectivity index (χ0v) is 14.9. The first-order valence-corrected chi connectivity index (χ1v) is 8.82. The van der Waals surface area contributed by atoms with Gasteiger partial charge in [-0.2, -0.15) is 0 Å². The van der Waals surface area contributed by atoms with Crippen LogP contribution in [0.3, 0.4) is 0 Å². The van der Waals surface area contributed by atoms with Crippen molar-refractivity contribution in [3.8, 4) is 5.75 Å². The lowest BCUT2D eigenvalue weighted by Gasteiger charge is -2.10. The van der Waals surface area contributed by atoms with Crippen molar-refractivity contribution in [2.24, 2.45) is 0 Å². The summed E-state index contributed by atoms with van der Waals surface area (Å²) in [5, 5.41) is 5.77. The molecule has 26 heavy (non-hydrogen) atoms. The smallest absolute Gasteiger partial charge is 0.314 e. The molecule has 2 N–H and O–H groups in total. The SMILES string of the molecule is COc1ccccc1CCNC(=O)NCCCc1ncc2ccccn12. The Bertz CT molecular complexity index is 860. The quantitative estimate of drug-likeness (QED) is 0.613. The first-order chi connectivity index (χ1) is 12.8. The summed E-state index contributed by atoms with van der Waals surface area (Å²) in [6.45, 7) is 1.18. The number of pyridine rings is 1. The Balaban J connectivity index is 1.35. The van der Waals surface area contributed by atoms with Crippen LogP contribution in [0.5, 0.6) is 5.75 Å². The highest BCUT2D eigenvalue weighted by Gasteiger charge is 2.05. The van der Waals surface area contributed by atoms with Crippen molar-refractivity contribution in [2.75, 3.05) is 20.2 Å². The van der Waals surface area contributed by atoms with Crippen molar-refractivity contribution >= 4 is 11.5 Å². The Labute approximate surface area is 153 Å². The maximum Gasteiger partial charge on any atom is 0.314 e. The predicted octanol–water partition coefficient (Wildman–Crippen LogP) is 2.82. The molecule has 136 valence electrons. The lowest BCUT2D eigenvalue weighted by atomic mass is 10.1. The summed E-state index contributed by atoms with van der Waals surface area (Å²) >= 11 is 0. The van der Waals surface area contributed by atoms with Gasteiger partial charge in [-0.3, -0.25) is 0 Å². The van der Waals surface area contributed by atoms with E-state index in [9.17, 15) is 4.79 Å². The molecule has 2 heterocycles. The van der Waals surface area contributed by atoms with E-state index < -0.39 is 0 Å². The van der Waals surface area contributed by atoms with Crippen LogP contribution in [-0.4, -0.2) is 35.6 Å². The number of urea groups is 1. The number of para-hydroxylation sites is 1. The number of ether oxygens (including phenoxy) is 1. The second-order valence-corrected chi connectivity index (χ2v) is 6.02. The molecular formula is C20H24N4O2. The Morgan fingerprint density at radius 1 is 1.08 bits per heavy atom. The molecule has 2 aromatic heterocycles. The molecule has 0 bridgehead atoms. The van der Waals surface area contributed by atoms with Gasteiger partial charge < -0.3 is 19.8 Å². The molecule has 0 fully saturated rings. The summed E-state index contributed by atoms with van der Waals surface area (Å²) in [4.78, 5) is 16.3. The largest absolute Gasteiger partial charge is 0.496 e. The van der Waals surface area contributed by atoms with Crippen molar-refractivity contribution in [3.63, 3.8) is 0 Å². The van der Waals surface area contributed by atoms with Gasteiger partial charge in [-0.15, -0.1) is 0 Å². The summed E-state index contributed by atoms with van der Waals surface area (Å²) in [6, 6.07) is 13.7. The van der Waals surface area contributed by atoms with E-state index in [-0.39, 0.29) is 6.03 Å². The van der Waals surface area contributed by atoms with Gasteiger partial charge in [0.1, 0.15) is 11.6 Å². The van der Waals surface area contributed by atoms with Gasteiger partial charge in [0, 0.05) is 25.7 Å². The number of hydrogen-bond acceptors (Lipinski definition) is 3. The number of imidazole rings is 1. The van der Waals surface area contributed by atoms with E-state index in [0.29, 0.717) is 13.1 Å². The van der Waals surface area contributed by atoms with Crippen LogP contribution < -0.4 is 15.4 Å². The zero-order valence-electron chi connectivity index (χ0n) is 14.9. The zero-order chi connectivity index (χ0) is 18.2. The highest BCUT2D eigenvalue weighted by molar-refractivity contribution is 5.73. The fraction of sp³-hybridized carbons (Fsp3) is 0.300. The van der Waals surface area contributed by atoms with Crippen LogP contribution in [0.1, 0.15) is 17.8 Å². The number of methoxy groups -OCH3 is 1. The van der Waals surface area contributed by atoms with Gasteiger partial charge in [0.15, 0.2) is 0 Å². The van der Waals surface area contributed by atoms with Gasteiger partial charge in [0.2, 0.25) is 0 Å². The lowest BCUT2D eigenvalue weighted by Crippen LogP contribution is -2.37. The van der Waals surface area contributed by atoms with Gasteiger partial charge in [0.25, 0.3) is 0 Å². The molecule has 1 aromatic carbocycles. The number of carbonyl (C=O) groups excluding carboxylic acids is 1. The molecule has 3 aromatic rings. The van der Waals surface area contributed by atoms with Crippen molar-refractivity contribution in [1.29, 1.82) is 0 Å². The number of fused-ring (bicyclic) bond motifs is 1. The third-order valence-electron chi connectivity index (χ3n) is 4.25. The monoisotopic (exact) mass is 352 g/mol. The van der Waals surface area contributed by atoms with E-state index in [0.717, 1.165) is 41.9 Å². The van der Waals surface area contributed by atoms with E-state index in [1.54, 1.807) is 7.11 Å². The van der Waals surface area contributed by atoms with Crippen molar-refractivity contribution in [2.45, 2.75) is 19.3 Å². The minimum Gasteiger partial charge on any atom is -0.496 e. The molecule has 3 rings (SSSR count). The second kappa shape index (κ2) is 8.89. The molecule has 0 aliphatic carbocycles. The van der Waals surface area contributed by atoms with E-state index in [4.69, 9.17) is 4.74 Å². The number of nitrogens with zero attached hydrogens (tertiary/aromatic N) is 2. The van der Waals surface area contributed by atoms with Gasteiger partial charge in [0.05, 0.1) is 18.8 Å². The first-order valence-electron chi connectivity index (χ1n) is 8.82. The van der Waals surface area contributed by atoms with Crippen LogP contribution in [0, 0.1) is 0 Å². The molecule has 0 aliphatic rings. The van der Waals surface area contributed by atoms with Crippen LogP contribution in [0.25, 0.3) is 5.52 Å². The molecular weight excluding hydrogens is 328 g/mol. The van der Waals surface area contributed by atoms with Crippen molar-refractivity contribution in [1.82, 2.24) is 20.0 Å². The van der Waals surface area contributed by atoms with Crippen LogP contribution >= 0.6 is 0 Å². The number of carbonyl (C=O) groups is 1. The number of aryl methyl sites for hydroxylation is 1. The maximum absolute atomic E-state index is 11.9. The second-order valence-electron chi connectivity index (χ2n) is 6.02. The Morgan fingerprint density at radius 2 is 1.88 bits per heavy atom. The van der Waals surface area contributed by atoms with Crippen LogP contribution in [0.15, 0.2) is 54.9 Å². The van der Waals surface area contributed by atoms with E-state index in [2.05, 4.69) is 20.0 Å². The molecule has 0 unspecified atom stereocenters. The molecule has 0 radical (unpaired) electrons. The van der Waals surface area contributed by atoms with Gasteiger partial charge >= 0.3 is 6.03 Å². The average Bonchev–Trinajstić information content (AvgIpc) is 3.09. The summed E-state index contributed by atoms with van der Waals surface area (Å²) in [6.07, 6.45) is 6.27. The number of amides is 2. The van der Waals surface area contributed by atoms with Crippen LogP contribution in [0.2, 0.25) is 0 Å². The first kappa shape index (κ1) is 17.8. The van der Waals surface area contributed by atoms with Gasteiger partial charge in [-0.1, -0.05) is 24.3 Å². The predicted molar refractivity (Wildman–Crippen MR) is 102 cm³/mol. The summed E-state index contributed by atoms with van der Waals surface area (Å²) in [7, 11) is 1.65. The normalized spacial score (nSPS) is 10.7. The molecule has 0 saturated carbocycles. The number of benzene rings is 1. The molecule has 6 nitrogen and oxygen atoms in total. The molecule has 0 aliphatic heterocycles. The average molecular weight is 352 g/mol. The summed E-state index contributed by atoms with van der Waals surface area (Å²) in [5.41, 5.74) is 2.17. The van der Waals surface area contributed by atoms with E-state index in [1.165, 1.54) is 0 Å². The minimum absolute atomic E-state index is 0.145. The van der Waals surface area contributed by atoms with Crippen molar-refractivity contribution < 1.29 is 9.53 Å². The minimum atomic E-state index is -0.145. The number of hydrogen-bond donors (Lipinski definition) is 2. The van der Waals surface area contributed by atoms with Gasteiger partial charge in [-0.05, 0) is 36.6 Å². The Morgan fingerprint density at radius 3 is 2.77 bits per heavy atom. The van der Waals surface area contributed by atoms with Crippen molar-refractivity contribution in [3.05, 3.63) is 66.2 Å². The molecule has 2 amide bonds. The number of aromatic nitrogens is 2. The third kappa shape index (κ3) is 4.53. The topological polar surface area (TPSA) is 67.7 Å². The third-order valence-corrected chi connectivity index (χ3v) is 4.25. The van der Waals surface area contributed by atoms with E-state index in [1.807, 2.05) is 54.9 Å². The molecule has 0 atom stereocenters. The van der Waals surface area contributed by atoms with Crippen LogP contribution in [0.4, 0.5) is 4.79 Å². The lowest BCUT2D eigenvalue weighted by molar-refractivity contribution is 0.241. The highest BCUT2D eigenvalue weighted by atomic mass is 16.5. The summed E-state index contributed by atoms with van der Waals surface area (Å²) < 4.78 is 7.39. The molecule has 0 saturated heterocycles. The van der Waals surface area contributed by atoms with Gasteiger partial charge in [-0.25, -0.2) is 9.78 Å². The fourth-order valence-corrected chi connectivity index (χ4v) is 2.92. The van der Waals surface area contributed by atoms with E-state index >= 15 is 0 Å². The molecule has 6 heteroatoms. The number of rotatable bonds is 8. The summed E-state index contributed by atoms with van der Waals surface area (Å²) in [5.74, 6) is 1.86. The van der Waals surface area contributed by atoms with Crippen LogP contribution in [-0.2, 0) is 12.8 Å². The highest BCUT2D eigenvalue weighted by Crippen LogP contribution is 2.17. The Hall–Kier alpha value is -3.02. The maximum atomic E-state index is 11.9. The molecule has 0 spiro atoms. The Kier molecular flexibility index (Phi) is 6.09. The fourth-order valence-electron chi connectivity index (χ4n) is 2.92.